The van der Waals surface area contributed by atoms with Crippen molar-refractivity contribution in [2.75, 3.05) is 13.2 Å². The average Bonchev–Trinajstić information content (AvgIpc) is 2.70. The summed E-state index contributed by atoms with van der Waals surface area (Å²) in [5.41, 5.74) is 2.08. The number of ether oxygens (including phenoxy) is 1. The first-order chi connectivity index (χ1) is 13.8. The summed E-state index contributed by atoms with van der Waals surface area (Å²) in [4.78, 5) is 27.1. The maximum absolute atomic E-state index is 13.0. The Morgan fingerprint density at radius 2 is 1.72 bits per heavy atom. The lowest BCUT2D eigenvalue weighted by atomic mass is 10.1. The maximum Gasteiger partial charge on any atom is 0.261 e. The van der Waals surface area contributed by atoms with Gasteiger partial charge in [-0.25, -0.2) is 0 Å². The van der Waals surface area contributed by atoms with Gasteiger partial charge in [-0.3, -0.25) is 9.59 Å². The second-order valence-electron chi connectivity index (χ2n) is 7.54. The van der Waals surface area contributed by atoms with Crippen molar-refractivity contribution < 1.29 is 14.3 Å². The molecule has 1 atom stereocenters. The van der Waals surface area contributed by atoms with E-state index in [1.807, 2.05) is 45.0 Å². The topological polar surface area (TPSA) is 58.6 Å². The number of hydrogen-bond donors (Lipinski definition) is 1. The van der Waals surface area contributed by atoms with Gasteiger partial charge in [0.15, 0.2) is 6.61 Å². The van der Waals surface area contributed by atoms with E-state index in [0.29, 0.717) is 29.8 Å². The van der Waals surface area contributed by atoms with E-state index >= 15 is 0 Å². The highest BCUT2D eigenvalue weighted by molar-refractivity contribution is 6.32. The molecule has 2 amide bonds. The summed E-state index contributed by atoms with van der Waals surface area (Å²) in [5, 5.41) is 3.34. The highest BCUT2D eigenvalue weighted by Gasteiger charge is 2.26. The zero-order valence-corrected chi connectivity index (χ0v) is 18.2. The van der Waals surface area contributed by atoms with E-state index in [-0.39, 0.29) is 18.4 Å². The molecule has 6 heteroatoms. The van der Waals surface area contributed by atoms with Gasteiger partial charge in [-0.05, 0) is 37.5 Å². The number of nitrogens with one attached hydrogen (secondary N) is 1. The van der Waals surface area contributed by atoms with Gasteiger partial charge in [0.1, 0.15) is 11.8 Å². The van der Waals surface area contributed by atoms with Gasteiger partial charge in [-0.15, -0.1) is 0 Å². The summed E-state index contributed by atoms with van der Waals surface area (Å²) in [6.07, 6.45) is 0. The smallest absolute Gasteiger partial charge is 0.261 e. The summed E-state index contributed by atoms with van der Waals surface area (Å²) in [7, 11) is 0. The van der Waals surface area contributed by atoms with E-state index in [9.17, 15) is 9.59 Å². The molecule has 0 fully saturated rings. The van der Waals surface area contributed by atoms with Crippen molar-refractivity contribution in [2.45, 2.75) is 40.3 Å². The Kier molecular flexibility index (Phi) is 8.52. The predicted molar refractivity (Wildman–Crippen MR) is 116 cm³/mol. The van der Waals surface area contributed by atoms with Crippen LogP contribution in [0.5, 0.6) is 5.75 Å². The van der Waals surface area contributed by atoms with Crippen LogP contribution in [0.3, 0.4) is 0 Å². The number of amides is 2. The van der Waals surface area contributed by atoms with E-state index in [1.165, 1.54) is 4.90 Å². The fourth-order valence-corrected chi connectivity index (χ4v) is 2.90. The number of aryl methyl sites for hydroxylation is 1. The standard InChI is InChI=1S/C23H29ClN2O3/c1-16(2)13-25-23(28)18(4)26(14-19-11-9-17(3)10-12-19)22(27)15-29-21-8-6-5-7-20(21)24/h5-12,16,18H,13-15H2,1-4H3,(H,25,28)/t18-/m1/s1. The molecule has 0 unspecified atom stereocenters. The van der Waals surface area contributed by atoms with Crippen LogP contribution >= 0.6 is 11.6 Å². The largest absolute Gasteiger partial charge is 0.482 e. The fourth-order valence-electron chi connectivity index (χ4n) is 2.71. The molecule has 2 rings (SSSR count). The van der Waals surface area contributed by atoms with Gasteiger partial charge in [0.05, 0.1) is 5.02 Å². The first-order valence-corrected chi connectivity index (χ1v) is 10.2. The van der Waals surface area contributed by atoms with Gasteiger partial charge in [-0.1, -0.05) is 67.4 Å². The molecule has 156 valence electrons. The molecular weight excluding hydrogens is 388 g/mol. The van der Waals surface area contributed by atoms with Crippen molar-refractivity contribution >= 4 is 23.4 Å². The Hall–Kier alpha value is -2.53. The van der Waals surface area contributed by atoms with E-state index < -0.39 is 6.04 Å². The average molecular weight is 417 g/mol. The molecule has 2 aromatic rings. The van der Waals surface area contributed by atoms with Crippen molar-refractivity contribution in [3.8, 4) is 5.75 Å². The molecule has 0 aliphatic carbocycles. The van der Waals surface area contributed by atoms with E-state index in [0.717, 1.165) is 11.1 Å². The van der Waals surface area contributed by atoms with Gasteiger partial charge >= 0.3 is 0 Å². The molecule has 0 spiro atoms. The van der Waals surface area contributed by atoms with Gasteiger partial charge in [-0.2, -0.15) is 0 Å². The quantitative estimate of drug-likeness (QED) is 0.665. The number of hydrogen-bond acceptors (Lipinski definition) is 3. The third kappa shape index (κ3) is 7.09. The summed E-state index contributed by atoms with van der Waals surface area (Å²) in [6.45, 7) is 8.48. The minimum Gasteiger partial charge on any atom is -0.482 e. The summed E-state index contributed by atoms with van der Waals surface area (Å²) >= 11 is 6.10. The molecule has 0 aromatic heterocycles. The van der Waals surface area contributed by atoms with Crippen molar-refractivity contribution in [3.63, 3.8) is 0 Å². The second kappa shape index (κ2) is 10.9. The van der Waals surface area contributed by atoms with E-state index in [2.05, 4.69) is 5.32 Å². The van der Waals surface area contributed by atoms with Gasteiger partial charge in [0, 0.05) is 13.1 Å². The van der Waals surface area contributed by atoms with Crippen LogP contribution in [0.25, 0.3) is 0 Å². The van der Waals surface area contributed by atoms with Crippen molar-refractivity contribution in [1.29, 1.82) is 0 Å². The third-order valence-corrected chi connectivity index (χ3v) is 4.83. The van der Waals surface area contributed by atoms with Crippen LogP contribution in [0, 0.1) is 12.8 Å². The summed E-state index contributed by atoms with van der Waals surface area (Å²) < 4.78 is 5.61. The molecule has 29 heavy (non-hydrogen) atoms. The molecule has 2 aromatic carbocycles. The monoisotopic (exact) mass is 416 g/mol. The lowest BCUT2D eigenvalue weighted by molar-refractivity contribution is -0.142. The van der Waals surface area contributed by atoms with Crippen molar-refractivity contribution in [1.82, 2.24) is 10.2 Å². The number of carbonyl (C=O) groups excluding carboxylic acids is 2. The Morgan fingerprint density at radius 1 is 1.07 bits per heavy atom. The Balaban J connectivity index is 2.13. The van der Waals surface area contributed by atoms with E-state index in [4.69, 9.17) is 16.3 Å². The Labute approximate surface area is 178 Å². The lowest BCUT2D eigenvalue weighted by Gasteiger charge is -2.29. The molecule has 0 bridgehead atoms. The molecule has 0 saturated heterocycles. The van der Waals surface area contributed by atoms with Crippen LogP contribution in [-0.4, -0.2) is 35.9 Å². The van der Waals surface area contributed by atoms with Crippen LogP contribution in [-0.2, 0) is 16.1 Å². The zero-order chi connectivity index (χ0) is 21.4. The molecule has 0 radical (unpaired) electrons. The number of nitrogens with zero attached hydrogens (tertiary/aromatic N) is 1. The molecule has 0 aliphatic rings. The van der Waals surface area contributed by atoms with Gasteiger partial charge in [0.2, 0.25) is 5.91 Å². The second-order valence-corrected chi connectivity index (χ2v) is 7.95. The first kappa shape index (κ1) is 22.8. The van der Waals surface area contributed by atoms with Crippen LogP contribution < -0.4 is 10.1 Å². The number of rotatable bonds is 9. The maximum atomic E-state index is 13.0. The normalized spacial score (nSPS) is 11.8. The number of para-hydroxylation sites is 1. The number of benzene rings is 2. The van der Waals surface area contributed by atoms with Crippen LogP contribution in [0.15, 0.2) is 48.5 Å². The molecule has 1 N–H and O–H groups in total. The Morgan fingerprint density at radius 3 is 2.34 bits per heavy atom. The molecule has 0 heterocycles. The molecule has 0 aliphatic heterocycles. The minimum absolute atomic E-state index is 0.183. The zero-order valence-electron chi connectivity index (χ0n) is 17.4. The first-order valence-electron chi connectivity index (χ1n) is 9.78. The van der Waals surface area contributed by atoms with Crippen molar-refractivity contribution in [2.24, 2.45) is 5.92 Å². The molecule has 5 nitrogen and oxygen atoms in total. The molecular formula is C23H29ClN2O3. The number of halogens is 1. The van der Waals surface area contributed by atoms with E-state index in [1.54, 1.807) is 31.2 Å². The highest BCUT2D eigenvalue weighted by atomic mass is 35.5. The minimum atomic E-state index is -0.627. The number of carbonyl (C=O) groups is 2. The Bertz CT molecular complexity index is 821. The third-order valence-electron chi connectivity index (χ3n) is 4.51. The molecule has 0 saturated carbocycles. The van der Waals surface area contributed by atoms with Gasteiger partial charge in [0.25, 0.3) is 5.91 Å². The summed E-state index contributed by atoms with van der Waals surface area (Å²) in [5.74, 6) is 0.306. The predicted octanol–water partition coefficient (Wildman–Crippen LogP) is 4.22. The summed E-state index contributed by atoms with van der Waals surface area (Å²) in [6, 6.07) is 14.3. The highest BCUT2D eigenvalue weighted by Crippen LogP contribution is 2.23. The van der Waals surface area contributed by atoms with Gasteiger partial charge < -0.3 is 15.0 Å². The SMILES string of the molecule is Cc1ccc(CN(C(=O)COc2ccccc2Cl)[C@H](C)C(=O)NCC(C)C)cc1. The van der Waals surface area contributed by atoms with Crippen LogP contribution in [0.2, 0.25) is 5.02 Å². The lowest BCUT2D eigenvalue weighted by Crippen LogP contribution is -2.49. The van der Waals surface area contributed by atoms with Crippen LogP contribution in [0.4, 0.5) is 0 Å². The van der Waals surface area contributed by atoms with Crippen molar-refractivity contribution in [3.05, 3.63) is 64.7 Å². The van der Waals surface area contributed by atoms with Crippen LogP contribution in [0.1, 0.15) is 31.9 Å². The fraction of sp³-hybridized carbons (Fsp3) is 0.391.